The maximum absolute atomic E-state index is 12.5. The summed E-state index contributed by atoms with van der Waals surface area (Å²) in [6.45, 7) is 2.37. The summed E-state index contributed by atoms with van der Waals surface area (Å²) in [5.41, 5.74) is 3.10. The summed E-state index contributed by atoms with van der Waals surface area (Å²) in [6.07, 6.45) is 1.54. The Hall–Kier alpha value is -3.65. The first kappa shape index (κ1) is 17.2. The number of hydrogen-bond acceptors (Lipinski definition) is 3. The summed E-state index contributed by atoms with van der Waals surface area (Å²) in [5.74, 6) is -0.369. The molecule has 0 atom stereocenters. The lowest BCUT2D eigenvalue weighted by Gasteiger charge is -2.11. The topological polar surface area (TPSA) is 74.9 Å². The monoisotopic (exact) mass is 343 g/mol. The number of pyridine rings is 1. The molecule has 1 aromatic heterocycles. The second-order valence-electron chi connectivity index (χ2n) is 5.92. The van der Waals surface area contributed by atoms with Crippen LogP contribution in [0, 0.1) is 18.3 Å². The summed E-state index contributed by atoms with van der Waals surface area (Å²) < 4.78 is 1.51. The van der Waals surface area contributed by atoms with E-state index in [2.05, 4.69) is 5.32 Å². The van der Waals surface area contributed by atoms with Crippen molar-refractivity contribution in [3.05, 3.63) is 99.5 Å². The van der Waals surface area contributed by atoms with Crippen LogP contribution in [0.15, 0.2) is 71.7 Å². The number of nitriles is 1. The van der Waals surface area contributed by atoms with Crippen LogP contribution >= 0.6 is 0 Å². The Balaban J connectivity index is 1.87. The van der Waals surface area contributed by atoms with E-state index in [4.69, 9.17) is 5.26 Å². The molecule has 2 aromatic carbocycles. The molecule has 5 heteroatoms. The number of hydrogen-bond donors (Lipinski definition) is 1. The average molecular weight is 343 g/mol. The molecule has 5 nitrogen and oxygen atoms in total. The van der Waals surface area contributed by atoms with Crippen molar-refractivity contribution in [1.82, 2.24) is 4.57 Å². The Bertz CT molecular complexity index is 1060. The zero-order valence-corrected chi connectivity index (χ0v) is 14.3. The molecule has 0 saturated heterocycles. The quantitative estimate of drug-likeness (QED) is 0.789. The van der Waals surface area contributed by atoms with E-state index in [1.54, 1.807) is 30.5 Å². The SMILES string of the molecule is Cc1ccccc1Cn1cc(C(=O)Nc2ccccc2C#N)ccc1=O. The standard InChI is InChI=1S/C21H17N3O2/c1-15-6-2-3-8-17(15)13-24-14-18(10-11-20(24)25)21(26)23-19-9-5-4-7-16(19)12-22/h2-11,14H,13H2,1H3,(H,23,26). The largest absolute Gasteiger partial charge is 0.321 e. The highest BCUT2D eigenvalue weighted by Gasteiger charge is 2.11. The number of benzene rings is 2. The van der Waals surface area contributed by atoms with Crippen molar-refractivity contribution in [2.75, 3.05) is 5.32 Å². The molecule has 1 heterocycles. The van der Waals surface area contributed by atoms with Crippen molar-refractivity contribution in [3.8, 4) is 6.07 Å². The average Bonchev–Trinajstić information content (AvgIpc) is 2.65. The molecule has 0 aliphatic rings. The normalized spacial score (nSPS) is 10.2. The van der Waals surface area contributed by atoms with E-state index in [1.165, 1.54) is 16.7 Å². The number of amides is 1. The molecular formula is C21H17N3O2. The van der Waals surface area contributed by atoms with Crippen LogP contribution in [0.4, 0.5) is 5.69 Å². The van der Waals surface area contributed by atoms with E-state index in [1.807, 2.05) is 37.3 Å². The molecule has 0 aliphatic heterocycles. The third kappa shape index (κ3) is 3.70. The highest BCUT2D eigenvalue weighted by molar-refractivity contribution is 6.04. The number of aryl methyl sites for hydroxylation is 1. The van der Waals surface area contributed by atoms with Gasteiger partial charge in [0.05, 0.1) is 23.4 Å². The predicted octanol–water partition coefficient (Wildman–Crippen LogP) is 3.33. The summed E-state index contributed by atoms with van der Waals surface area (Å²) in [7, 11) is 0. The van der Waals surface area contributed by atoms with E-state index in [0.29, 0.717) is 23.4 Å². The van der Waals surface area contributed by atoms with Gasteiger partial charge in [0.15, 0.2) is 0 Å². The highest BCUT2D eigenvalue weighted by Crippen LogP contribution is 2.15. The maximum atomic E-state index is 12.5. The summed E-state index contributed by atoms with van der Waals surface area (Å²) in [5, 5.41) is 11.8. The van der Waals surface area contributed by atoms with Gasteiger partial charge in [0.25, 0.3) is 11.5 Å². The molecule has 3 rings (SSSR count). The lowest BCUT2D eigenvalue weighted by atomic mass is 10.1. The van der Waals surface area contributed by atoms with Crippen LogP contribution in [0.3, 0.4) is 0 Å². The number of nitrogens with one attached hydrogen (secondary N) is 1. The van der Waals surface area contributed by atoms with Crippen LogP contribution in [-0.4, -0.2) is 10.5 Å². The molecule has 0 spiro atoms. The van der Waals surface area contributed by atoms with E-state index in [9.17, 15) is 9.59 Å². The zero-order valence-electron chi connectivity index (χ0n) is 14.3. The summed E-state index contributed by atoms with van der Waals surface area (Å²) >= 11 is 0. The fourth-order valence-corrected chi connectivity index (χ4v) is 2.64. The lowest BCUT2D eigenvalue weighted by molar-refractivity contribution is 0.102. The first-order chi connectivity index (χ1) is 12.6. The number of rotatable bonds is 4. The zero-order chi connectivity index (χ0) is 18.5. The van der Waals surface area contributed by atoms with Crippen molar-refractivity contribution in [3.63, 3.8) is 0 Å². The van der Waals surface area contributed by atoms with Crippen molar-refractivity contribution >= 4 is 11.6 Å². The van der Waals surface area contributed by atoms with Gasteiger partial charge in [0, 0.05) is 12.3 Å². The van der Waals surface area contributed by atoms with E-state index in [-0.39, 0.29) is 11.5 Å². The molecule has 0 unspecified atom stereocenters. The van der Waals surface area contributed by atoms with Crippen molar-refractivity contribution in [1.29, 1.82) is 5.26 Å². The van der Waals surface area contributed by atoms with Crippen LogP contribution < -0.4 is 10.9 Å². The van der Waals surface area contributed by atoms with Gasteiger partial charge < -0.3 is 9.88 Å². The van der Waals surface area contributed by atoms with Gasteiger partial charge in [-0.3, -0.25) is 9.59 Å². The van der Waals surface area contributed by atoms with Gasteiger partial charge in [-0.25, -0.2) is 0 Å². The molecule has 26 heavy (non-hydrogen) atoms. The number of nitrogens with zero attached hydrogens (tertiary/aromatic N) is 2. The maximum Gasteiger partial charge on any atom is 0.257 e. The van der Waals surface area contributed by atoms with E-state index < -0.39 is 0 Å². The number of para-hydroxylation sites is 1. The van der Waals surface area contributed by atoms with Crippen LogP contribution in [0.2, 0.25) is 0 Å². The first-order valence-corrected chi connectivity index (χ1v) is 8.14. The van der Waals surface area contributed by atoms with Crippen molar-refractivity contribution in [2.45, 2.75) is 13.5 Å². The molecule has 0 radical (unpaired) electrons. The van der Waals surface area contributed by atoms with Crippen molar-refractivity contribution < 1.29 is 4.79 Å². The molecule has 128 valence electrons. The molecule has 3 aromatic rings. The molecule has 1 N–H and O–H groups in total. The fourth-order valence-electron chi connectivity index (χ4n) is 2.64. The Morgan fingerprint density at radius 1 is 1.08 bits per heavy atom. The van der Waals surface area contributed by atoms with Gasteiger partial charge in [0.2, 0.25) is 0 Å². The lowest BCUT2D eigenvalue weighted by Crippen LogP contribution is -2.23. The third-order valence-corrected chi connectivity index (χ3v) is 4.14. The van der Waals surface area contributed by atoms with Gasteiger partial charge in [-0.05, 0) is 36.2 Å². The Morgan fingerprint density at radius 2 is 1.81 bits per heavy atom. The van der Waals surface area contributed by atoms with Crippen LogP contribution in [-0.2, 0) is 6.54 Å². The fraction of sp³-hybridized carbons (Fsp3) is 0.0952. The Morgan fingerprint density at radius 3 is 2.58 bits per heavy atom. The van der Waals surface area contributed by atoms with Crippen molar-refractivity contribution in [2.24, 2.45) is 0 Å². The van der Waals surface area contributed by atoms with Gasteiger partial charge in [0.1, 0.15) is 6.07 Å². The molecule has 0 aliphatic carbocycles. The molecular weight excluding hydrogens is 326 g/mol. The van der Waals surface area contributed by atoms with Crippen LogP contribution in [0.5, 0.6) is 0 Å². The summed E-state index contributed by atoms with van der Waals surface area (Å²) in [6, 6.07) is 19.5. The number of carbonyl (C=O) groups is 1. The van der Waals surface area contributed by atoms with E-state index in [0.717, 1.165) is 11.1 Å². The Kier molecular flexibility index (Phi) is 4.95. The number of carbonyl (C=O) groups excluding carboxylic acids is 1. The Labute approximate surface area is 151 Å². The number of anilines is 1. The molecule has 0 bridgehead atoms. The smallest absolute Gasteiger partial charge is 0.257 e. The second-order valence-corrected chi connectivity index (χ2v) is 5.92. The minimum atomic E-state index is -0.369. The minimum Gasteiger partial charge on any atom is -0.321 e. The predicted molar refractivity (Wildman–Crippen MR) is 100 cm³/mol. The third-order valence-electron chi connectivity index (χ3n) is 4.14. The van der Waals surface area contributed by atoms with Gasteiger partial charge in [-0.1, -0.05) is 36.4 Å². The van der Waals surface area contributed by atoms with Gasteiger partial charge in [-0.15, -0.1) is 0 Å². The highest BCUT2D eigenvalue weighted by atomic mass is 16.2. The van der Waals surface area contributed by atoms with Gasteiger partial charge >= 0.3 is 0 Å². The molecule has 1 amide bonds. The van der Waals surface area contributed by atoms with Crippen LogP contribution in [0.1, 0.15) is 27.0 Å². The van der Waals surface area contributed by atoms with Gasteiger partial charge in [-0.2, -0.15) is 5.26 Å². The molecule has 0 fully saturated rings. The molecule has 0 saturated carbocycles. The first-order valence-electron chi connectivity index (χ1n) is 8.14. The second kappa shape index (κ2) is 7.49. The van der Waals surface area contributed by atoms with E-state index >= 15 is 0 Å². The van der Waals surface area contributed by atoms with Crippen LogP contribution in [0.25, 0.3) is 0 Å². The summed E-state index contributed by atoms with van der Waals surface area (Å²) in [4.78, 5) is 24.7. The minimum absolute atomic E-state index is 0.178. The number of aromatic nitrogens is 1.